The number of nitrogens with one attached hydrogen (secondary N) is 1. The summed E-state index contributed by atoms with van der Waals surface area (Å²) < 4.78 is 0. The third-order valence-corrected chi connectivity index (χ3v) is 2.43. The van der Waals surface area contributed by atoms with E-state index in [4.69, 9.17) is 17.3 Å². The van der Waals surface area contributed by atoms with E-state index in [1.165, 1.54) is 0 Å². The van der Waals surface area contributed by atoms with Crippen LogP contribution in [0.15, 0.2) is 12.1 Å². The minimum absolute atomic E-state index is 0.232. The molecule has 0 aliphatic rings. The zero-order valence-corrected chi connectivity index (χ0v) is 9.84. The lowest BCUT2D eigenvalue weighted by Gasteiger charge is -2.09. The van der Waals surface area contributed by atoms with Gasteiger partial charge in [0.1, 0.15) is 5.75 Å². The summed E-state index contributed by atoms with van der Waals surface area (Å²) in [5.74, 6) is -0.116. The van der Waals surface area contributed by atoms with Crippen molar-refractivity contribution in [2.45, 2.75) is 19.9 Å². The number of phenols is 1. The SMILES string of the molecule is Cc1cc(Cl)cc(CNCCC(N)=O)c1O. The normalized spacial score (nSPS) is 10.4. The highest BCUT2D eigenvalue weighted by Crippen LogP contribution is 2.26. The third kappa shape index (κ3) is 3.72. The lowest BCUT2D eigenvalue weighted by Crippen LogP contribution is -2.21. The standard InChI is InChI=1S/C11H15ClN2O2/c1-7-4-9(12)5-8(11(7)16)6-14-3-2-10(13)15/h4-5,14,16H,2-3,6H2,1H3,(H2,13,15). The molecule has 16 heavy (non-hydrogen) atoms. The van der Waals surface area contributed by atoms with Gasteiger partial charge in [-0.05, 0) is 24.6 Å². The van der Waals surface area contributed by atoms with Crippen LogP contribution in [-0.2, 0) is 11.3 Å². The fraction of sp³-hybridized carbons (Fsp3) is 0.364. The molecular formula is C11H15ClN2O2. The second-order valence-electron chi connectivity index (χ2n) is 3.62. The van der Waals surface area contributed by atoms with Gasteiger partial charge in [0.05, 0.1) is 0 Å². The molecule has 0 bridgehead atoms. The molecule has 0 spiro atoms. The molecule has 0 aliphatic heterocycles. The topological polar surface area (TPSA) is 75.3 Å². The van der Waals surface area contributed by atoms with Crippen molar-refractivity contribution in [2.75, 3.05) is 6.54 Å². The highest BCUT2D eigenvalue weighted by atomic mass is 35.5. The molecule has 0 atom stereocenters. The molecule has 0 saturated heterocycles. The number of aromatic hydroxyl groups is 1. The number of carbonyl (C=O) groups excluding carboxylic acids is 1. The fourth-order valence-corrected chi connectivity index (χ4v) is 1.67. The molecule has 0 radical (unpaired) electrons. The van der Waals surface area contributed by atoms with Gasteiger partial charge in [-0.25, -0.2) is 0 Å². The summed E-state index contributed by atoms with van der Waals surface area (Å²) in [6, 6.07) is 3.39. The van der Waals surface area contributed by atoms with Crippen molar-refractivity contribution in [1.82, 2.24) is 5.32 Å². The van der Waals surface area contributed by atoms with Gasteiger partial charge in [0.15, 0.2) is 0 Å². The van der Waals surface area contributed by atoms with E-state index >= 15 is 0 Å². The molecule has 4 nitrogen and oxygen atoms in total. The van der Waals surface area contributed by atoms with Gasteiger partial charge < -0.3 is 16.2 Å². The Bertz CT molecular complexity index is 394. The predicted molar refractivity (Wildman–Crippen MR) is 63.4 cm³/mol. The Hall–Kier alpha value is -1.26. The smallest absolute Gasteiger partial charge is 0.218 e. The van der Waals surface area contributed by atoms with Crippen LogP contribution in [0, 0.1) is 6.92 Å². The molecule has 0 heterocycles. The Morgan fingerprint density at radius 3 is 2.88 bits per heavy atom. The monoisotopic (exact) mass is 242 g/mol. The average Bonchev–Trinajstić information content (AvgIpc) is 2.19. The molecule has 5 heteroatoms. The number of rotatable bonds is 5. The molecule has 1 aromatic carbocycles. The number of primary amides is 1. The zero-order valence-electron chi connectivity index (χ0n) is 9.09. The maximum Gasteiger partial charge on any atom is 0.218 e. The highest BCUT2D eigenvalue weighted by Gasteiger charge is 2.05. The average molecular weight is 243 g/mol. The Kier molecular flexibility index (Phi) is 4.58. The van der Waals surface area contributed by atoms with Crippen molar-refractivity contribution in [3.8, 4) is 5.75 Å². The third-order valence-electron chi connectivity index (χ3n) is 2.21. The van der Waals surface area contributed by atoms with Crippen LogP contribution < -0.4 is 11.1 Å². The maximum absolute atomic E-state index is 10.5. The van der Waals surface area contributed by atoms with Gasteiger partial charge in [0.2, 0.25) is 5.91 Å². The number of nitrogens with two attached hydrogens (primary N) is 1. The predicted octanol–water partition coefficient (Wildman–Crippen LogP) is 1.32. The Morgan fingerprint density at radius 2 is 2.25 bits per heavy atom. The number of halogens is 1. The first kappa shape index (κ1) is 12.8. The largest absolute Gasteiger partial charge is 0.507 e. The first-order chi connectivity index (χ1) is 7.50. The number of phenolic OH excluding ortho intramolecular Hbond substituents is 1. The summed E-state index contributed by atoms with van der Waals surface area (Å²) in [4.78, 5) is 10.5. The van der Waals surface area contributed by atoms with Gasteiger partial charge in [-0.15, -0.1) is 0 Å². The molecule has 0 aliphatic carbocycles. The Labute approximate surface area is 99.4 Å². The van der Waals surface area contributed by atoms with Gasteiger partial charge in [0.25, 0.3) is 0 Å². The lowest BCUT2D eigenvalue weighted by atomic mass is 10.1. The quantitative estimate of drug-likeness (QED) is 0.682. The molecule has 0 unspecified atom stereocenters. The van der Waals surface area contributed by atoms with E-state index in [0.29, 0.717) is 18.1 Å². The van der Waals surface area contributed by atoms with E-state index in [9.17, 15) is 9.90 Å². The van der Waals surface area contributed by atoms with Crippen molar-refractivity contribution in [3.05, 3.63) is 28.3 Å². The van der Waals surface area contributed by atoms with Gasteiger partial charge in [-0.2, -0.15) is 0 Å². The molecule has 1 rings (SSSR count). The lowest BCUT2D eigenvalue weighted by molar-refractivity contribution is -0.117. The number of amides is 1. The van der Waals surface area contributed by atoms with Crippen LogP contribution in [0.2, 0.25) is 5.02 Å². The van der Waals surface area contributed by atoms with Crippen molar-refractivity contribution in [2.24, 2.45) is 5.73 Å². The molecule has 0 aromatic heterocycles. The summed E-state index contributed by atoms with van der Waals surface area (Å²) in [5.41, 5.74) is 6.45. The van der Waals surface area contributed by atoms with E-state index in [-0.39, 0.29) is 18.1 Å². The molecule has 1 aromatic rings. The van der Waals surface area contributed by atoms with Crippen LogP contribution in [0.3, 0.4) is 0 Å². The van der Waals surface area contributed by atoms with Gasteiger partial charge in [-0.3, -0.25) is 4.79 Å². The van der Waals surface area contributed by atoms with Crippen LogP contribution in [0.25, 0.3) is 0 Å². The van der Waals surface area contributed by atoms with Crippen molar-refractivity contribution in [3.63, 3.8) is 0 Å². The van der Waals surface area contributed by atoms with E-state index in [2.05, 4.69) is 5.32 Å². The van der Waals surface area contributed by atoms with Gasteiger partial charge >= 0.3 is 0 Å². The number of aryl methyl sites for hydroxylation is 1. The van der Waals surface area contributed by atoms with Crippen molar-refractivity contribution >= 4 is 17.5 Å². The molecule has 1 amide bonds. The summed E-state index contributed by atoms with van der Waals surface area (Å²) in [5, 5.41) is 13.3. The van der Waals surface area contributed by atoms with Crippen LogP contribution in [0.1, 0.15) is 17.5 Å². The van der Waals surface area contributed by atoms with Crippen LogP contribution >= 0.6 is 11.6 Å². The molecular weight excluding hydrogens is 228 g/mol. The van der Waals surface area contributed by atoms with Gasteiger partial charge in [-0.1, -0.05) is 11.6 Å². The number of carbonyl (C=O) groups is 1. The van der Waals surface area contributed by atoms with E-state index in [0.717, 1.165) is 11.1 Å². The first-order valence-corrected chi connectivity index (χ1v) is 5.35. The summed E-state index contributed by atoms with van der Waals surface area (Å²) >= 11 is 5.87. The van der Waals surface area contributed by atoms with E-state index in [1.54, 1.807) is 19.1 Å². The highest BCUT2D eigenvalue weighted by molar-refractivity contribution is 6.30. The molecule has 0 saturated carbocycles. The molecule has 0 fully saturated rings. The molecule has 88 valence electrons. The van der Waals surface area contributed by atoms with Crippen LogP contribution in [0.4, 0.5) is 0 Å². The van der Waals surface area contributed by atoms with Gasteiger partial charge in [0, 0.05) is 30.1 Å². The van der Waals surface area contributed by atoms with Crippen LogP contribution in [0.5, 0.6) is 5.75 Å². The zero-order chi connectivity index (χ0) is 12.1. The Morgan fingerprint density at radius 1 is 1.56 bits per heavy atom. The second-order valence-corrected chi connectivity index (χ2v) is 4.06. The number of hydrogen-bond donors (Lipinski definition) is 3. The minimum Gasteiger partial charge on any atom is -0.507 e. The minimum atomic E-state index is -0.348. The van der Waals surface area contributed by atoms with Crippen LogP contribution in [-0.4, -0.2) is 17.6 Å². The number of benzene rings is 1. The summed E-state index contributed by atoms with van der Waals surface area (Å²) in [6.45, 7) is 2.73. The molecule has 4 N–H and O–H groups in total. The van der Waals surface area contributed by atoms with Crippen molar-refractivity contribution < 1.29 is 9.90 Å². The summed E-state index contributed by atoms with van der Waals surface area (Å²) in [6.07, 6.45) is 0.278. The fourth-order valence-electron chi connectivity index (χ4n) is 1.37. The Balaban J connectivity index is 2.57. The van der Waals surface area contributed by atoms with Crippen molar-refractivity contribution in [1.29, 1.82) is 0 Å². The van der Waals surface area contributed by atoms with E-state index in [1.807, 2.05) is 0 Å². The summed E-state index contributed by atoms with van der Waals surface area (Å²) in [7, 11) is 0. The van der Waals surface area contributed by atoms with E-state index < -0.39 is 0 Å². The maximum atomic E-state index is 10.5. The second kappa shape index (κ2) is 5.72. The number of hydrogen-bond acceptors (Lipinski definition) is 3. The first-order valence-electron chi connectivity index (χ1n) is 4.97.